The summed E-state index contributed by atoms with van der Waals surface area (Å²) in [5, 5.41) is 0. The van der Waals surface area contributed by atoms with E-state index in [0.717, 1.165) is 11.5 Å². The Labute approximate surface area is 103 Å². The van der Waals surface area contributed by atoms with Crippen molar-refractivity contribution in [2.24, 2.45) is 7.05 Å². The van der Waals surface area contributed by atoms with Gasteiger partial charge in [0.15, 0.2) is 5.69 Å². The van der Waals surface area contributed by atoms with Gasteiger partial charge in [0.05, 0.1) is 6.61 Å². The molecule has 1 fully saturated rings. The Morgan fingerprint density at radius 2 is 2.06 bits per heavy atom. The molecule has 4 nitrogen and oxygen atoms in total. The highest BCUT2D eigenvalue weighted by Gasteiger charge is 2.30. The van der Waals surface area contributed by atoms with Crippen molar-refractivity contribution in [1.82, 2.24) is 9.55 Å². The summed E-state index contributed by atoms with van der Waals surface area (Å²) < 4.78 is 6.97. The Morgan fingerprint density at radius 3 is 2.53 bits per heavy atom. The maximum absolute atomic E-state index is 11.6. The Morgan fingerprint density at radius 1 is 1.47 bits per heavy atom. The van der Waals surface area contributed by atoms with Gasteiger partial charge in [-0.2, -0.15) is 0 Å². The first kappa shape index (κ1) is 13.7. The second kappa shape index (κ2) is 5.84. The Kier molecular flexibility index (Phi) is 4.73. The van der Waals surface area contributed by atoms with Crippen LogP contribution in [0.4, 0.5) is 0 Å². The number of carbonyl (C=O) groups is 1. The number of hydrogen-bond acceptors (Lipinski definition) is 3. The minimum atomic E-state index is -0.308. The van der Waals surface area contributed by atoms with E-state index in [1.807, 2.05) is 32.4 Å². The van der Waals surface area contributed by atoms with Crippen molar-refractivity contribution in [3.8, 4) is 0 Å². The highest BCUT2D eigenvalue weighted by molar-refractivity contribution is 5.88. The van der Waals surface area contributed by atoms with Crippen LogP contribution in [0.1, 0.15) is 61.5 Å². The summed E-state index contributed by atoms with van der Waals surface area (Å²) in [4.78, 5) is 16.0. The monoisotopic (exact) mass is 238 g/mol. The predicted molar refractivity (Wildman–Crippen MR) is 67.2 cm³/mol. The highest BCUT2D eigenvalue weighted by atomic mass is 16.5. The van der Waals surface area contributed by atoms with Gasteiger partial charge in [-0.25, -0.2) is 9.78 Å². The number of esters is 1. The van der Waals surface area contributed by atoms with E-state index >= 15 is 0 Å². The summed E-state index contributed by atoms with van der Waals surface area (Å²) in [7, 11) is 1.96. The van der Waals surface area contributed by atoms with E-state index in [9.17, 15) is 4.79 Å². The summed E-state index contributed by atoms with van der Waals surface area (Å²) in [6, 6.07) is 0. The topological polar surface area (TPSA) is 44.1 Å². The maximum Gasteiger partial charge on any atom is 0.358 e. The van der Waals surface area contributed by atoms with Crippen LogP contribution in [0.25, 0.3) is 0 Å². The second-order valence-electron chi connectivity index (χ2n) is 3.96. The van der Waals surface area contributed by atoms with Crippen LogP contribution >= 0.6 is 0 Å². The zero-order valence-electron chi connectivity index (χ0n) is 11.4. The van der Waals surface area contributed by atoms with Crippen molar-refractivity contribution in [3.05, 3.63) is 17.2 Å². The lowest BCUT2D eigenvalue weighted by Crippen LogP contribution is -2.07. The number of imidazole rings is 1. The number of aromatic nitrogens is 2. The molecule has 4 heteroatoms. The van der Waals surface area contributed by atoms with Gasteiger partial charge >= 0.3 is 5.97 Å². The van der Waals surface area contributed by atoms with Gasteiger partial charge in [0.25, 0.3) is 0 Å². The normalized spacial score (nSPS) is 13.9. The number of hydrogen-bond donors (Lipinski definition) is 0. The molecule has 0 amide bonds. The molecule has 1 aromatic heterocycles. The van der Waals surface area contributed by atoms with Crippen LogP contribution < -0.4 is 0 Å². The molecule has 0 saturated heterocycles. The first-order valence-corrected chi connectivity index (χ1v) is 6.35. The van der Waals surface area contributed by atoms with Gasteiger partial charge < -0.3 is 9.30 Å². The SMILES string of the molecule is CC.CCOC(=O)c1nc(C2CC2)n(C)c1C. The molecule has 0 atom stereocenters. The fraction of sp³-hybridized carbons (Fsp3) is 0.692. The average Bonchev–Trinajstić information content (AvgIpc) is 3.12. The third kappa shape index (κ3) is 2.87. The molecule has 1 aliphatic carbocycles. The van der Waals surface area contributed by atoms with Crippen LogP contribution in [0.3, 0.4) is 0 Å². The molecule has 1 heterocycles. The number of rotatable bonds is 3. The molecule has 0 N–H and O–H groups in total. The lowest BCUT2D eigenvalue weighted by molar-refractivity contribution is 0.0519. The highest BCUT2D eigenvalue weighted by Crippen LogP contribution is 2.39. The van der Waals surface area contributed by atoms with Gasteiger partial charge in [0.1, 0.15) is 5.82 Å². The number of carbonyl (C=O) groups excluding carboxylic acids is 1. The standard InChI is InChI=1S/C11H16N2O2.C2H6/c1-4-15-11(14)9-7(2)13(3)10(12-9)8-5-6-8;1-2/h8H,4-6H2,1-3H3;1-2H3. The molecule has 0 unspecified atom stereocenters. The molecule has 0 bridgehead atoms. The third-order valence-electron chi connectivity index (χ3n) is 2.83. The van der Waals surface area contributed by atoms with E-state index in [1.165, 1.54) is 12.8 Å². The van der Waals surface area contributed by atoms with Crippen molar-refractivity contribution in [3.63, 3.8) is 0 Å². The average molecular weight is 238 g/mol. The zero-order valence-corrected chi connectivity index (χ0v) is 11.4. The zero-order chi connectivity index (χ0) is 13.0. The molecule has 1 saturated carbocycles. The van der Waals surface area contributed by atoms with E-state index in [2.05, 4.69) is 4.98 Å². The van der Waals surface area contributed by atoms with Gasteiger partial charge in [0.2, 0.25) is 0 Å². The molecule has 0 aromatic carbocycles. The molecule has 0 radical (unpaired) electrons. The number of nitrogens with zero attached hydrogens (tertiary/aromatic N) is 2. The molecule has 0 spiro atoms. The molecule has 1 aliphatic rings. The van der Waals surface area contributed by atoms with Gasteiger partial charge in [-0.1, -0.05) is 13.8 Å². The Bertz CT molecular complexity index is 392. The molecule has 1 aromatic rings. The summed E-state index contributed by atoms with van der Waals surface area (Å²) in [5.41, 5.74) is 1.37. The molecule has 17 heavy (non-hydrogen) atoms. The lowest BCUT2D eigenvalue weighted by Gasteiger charge is -2.00. The van der Waals surface area contributed by atoms with Crippen molar-refractivity contribution in [2.45, 2.75) is 46.5 Å². The fourth-order valence-corrected chi connectivity index (χ4v) is 1.70. The third-order valence-corrected chi connectivity index (χ3v) is 2.83. The van der Waals surface area contributed by atoms with Crippen LogP contribution in [0.15, 0.2) is 0 Å². The molecular formula is C13H22N2O2. The van der Waals surface area contributed by atoms with Gasteiger partial charge in [-0.3, -0.25) is 0 Å². The van der Waals surface area contributed by atoms with E-state index < -0.39 is 0 Å². The smallest absolute Gasteiger partial charge is 0.358 e. The molecule has 96 valence electrons. The molecule has 0 aliphatic heterocycles. The van der Waals surface area contributed by atoms with Crippen LogP contribution in [0.5, 0.6) is 0 Å². The van der Waals surface area contributed by atoms with Gasteiger partial charge in [-0.15, -0.1) is 0 Å². The van der Waals surface area contributed by atoms with Crippen molar-refractivity contribution >= 4 is 5.97 Å². The van der Waals surface area contributed by atoms with Crippen LogP contribution in [0, 0.1) is 6.92 Å². The quantitative estimate of drug-likeness (QED) is 0.760. The lowest BCUT2D eigenvalue weighted by atomic mass is 10.3. The second-order valence-corrected chi connectivity index (χ2v) is 3.96. The van der Waals surface area contributed by atoms with E-state index in [-0.39, 0.29) is 5.97 Å². The predicted octanol–water partition coefficient (Wildman–Crippen LogP) is 2.81. The van der Waals surface area contributed by atoms with Crippen LogP contribution in [0.2, 0.25) is 0 Å². The summed E-state index contributed by atoms with van der Waals surface area (Å²) >= 11 is 0. The first-order chi connectivity index (χ1) is 8.15. The fourth-order valence-electron chi connectivity index (χ4n) is 1.70. The van der Waals surface area contributed by atoms with Crippen molar-refractivity contribution in [2.75, 3.05) is 6.61 Å². The van der Waals surface area contributed by atoms with Crippen LogP contribution in [-0.2, 0) is 11.8 Å². The Balaban J connectivity index is 0.000000686. The van der Waals surface area contributed by atoms with Gasteiger partial charge in [-0.05, 0) is 26.7 Å². The van der Waals surface area contributed by atoms with Crippen LogP contribution in [-0.4, -0.2) is 22.1 Å². The minimum absolute atomic E-state index is 0.308. The van der Waals surface area contributed by atoms with E-state index in [1.54, 1.807) is 6.92 Å². The van der Waals surface area contributed by atoms with Gasteiger partial charge in [0, 0.05) is 18.7 Å². The summed E-state index contributed by atoms with van der Waals surface area (Å²) in [6.45, 7) is 8.11. The van der Waals surface area contributed by atoms with Crippen molar-refractivity contribution in [1.29, 1.82) is 0 Å². The Hall–Kier alpha value is -1.32. The maximum atomic E-state index is 11.6. The minimum Gasteiger partial charge on any atom is -0.461 e. The van der Waals surface area contributed by atoms with Crippen molar-refractivity contribution < 1.29 is 9.53 Å². The molecule has 2 rings (SSSR count). The van der Waals surface area contributed by atoms with E-state index in [0.29, 0.717) is 18.2 Å². The largest absolute Gasteiger partial charge is 0.461 e. The summed E-state index contributed by atoms with van der Waals surface area (Å²) in [6.07, 6.45) is 2.37. The number of ether oxygens (including phenoxy) is 1. The molecular weight excluding hydrogens is 216 g/mol. The van der Waals surface area contributed by atoms with E-state index in [4.69, 9.17) is 4.74 Å². The summed E-state index contributed by atoms with van der Waals surface area (Å²) in [5.74, 6) is 1.27. The first-order valence-electron chi connectivity index (χ1n) is 6.35.